The van der Waals surface area contributed by atoms with Gasteiger partial charge in [-0.15, -0.1) is 22.7 Å². The predicted octanol–water partition coefficient (Wildman–Crippen LogP) is 11.2. The average Bonchev–Trinajstić information content (AvgIpc) is 3.75. The van der Waals surface area contributed by atoms with E-state index in [1.165, 1.54) is 25.0 Å². The summed E-state index contributed by atoms with van der Waals surface area (Å²) in [5, 5.41) is 3.38. The van der Waals surface area contributed by atoms with Crippen LogP contribution in [0.5, 0.6) is 0 Å². The molecule has 6 heteroatoms. The van der Waals surface area contributed by atoms with Crippen molar-refractivity contribution in [2.75, 3.05) is 0 Å². The maximum Gasteiger partial charge on any atom is 0.164 e. The molecule has 0 radical (unpaired) electrons. The zero-order chi connectivity index (χ0) is 30.5. The molecule has 4 nitrogen and oxygen atoms in total. The van der Waals surface area contributed by atoms with Crippen molar-refractivity contribution in [3.05, 3.63) is 146 Å². The first kappa shape index (κ1) is 26.8. The van der Waals surface area contributed by atoms with E-state index in [0.29, 0.717) is 17.5 Å². The van der Waals surface area contributed by atoms with Gasteiger partial charge in [0.25, 0.3) is 0 Å². The number of rotatable bonds is 5. The number of fused-ring (bicyclic) bond motifs is 4. The Morgan fingerprint density at radius 3 is 1.59 bits per heavy atom. The summed E-state index contributed by atoms with van der Waals surface area (Å²) >= 11 is 3.55. The number of nitrogens with zero attached hydrogens (tertiary/aromatic N) is 4. The molecule has 6 aromatic carbocycles. The Morgan fingerprint density at radius 1 is 0.370 bits per heavy atom. The van der Waals surface area contributed by atoms with Crippen molar-refractivity contribution >= 4 is 53.1 Å². The number of hydrogen-bond donors (Lipinski definition) is 0. The standard InChI is InChI=1S/C40H24N4S2/c1-4-13-25(14-5-1)37-42-38(26-15-6-2-7-16-26)44-39(43-37)31-22-12-23-32-34(31)30-21-10-20-29(36(30)45-32)28-19-11-24-33-35(28)41-40(46-33)27-17-8-3-9-18-27/h1-24H. The first-order chi connectivity index (χ1) is 22.8. The van der Waals surface area contributed by atoms with E-state index in [2.05, 4.69) is 78.9 Å². The molecular weight excluding hydrogens is 601 g/mol. The lowest BCUT2D eigenvalue weighted by Gasteiger charge is -2.09. The van der Waals surface area contributed by atoms with E-state index in [1.807, 2.05) is 78.1 Å². The third-order valence-electron chi connectivity index (χ3n) is 8.19. The van der Waals surface area contributed by atoms with Crippen LogP contribution in [0.25, 0.3) is 86.3 Å². The number of aromatic nitrogens is 4. The first-order valence-electron chi connectivity index (χ1n) is 15.1. The zero-order valence-electron chi connectivity index (χ0n) is 24.5. The number of thiazole rings is 1. The Kier molecular flexibility index (Phi) is 6.47. The lowest BCUT2D eigenvalue weighted by molar-refractivity contribution is 1.08. The number of hydrogen-bond acceptors (Lipinski definition) is 6. The minimum Gasteiger partial charge on any atom is -0.235 e. The lowest BCUT2D eigenvalue weighted by Crippen LogP contribution is -2.00. The molecule has 9 aromatic rings. The molecule has 0 N–H and O–H groups in total. The highest BCUT2D eigenvalue weighted by atomic mass is 32.1. The van der Waals surface area contributed by atoms with Gasteiger partial charge in [-0.05, 0) is 12.1 Å². The van der Waals surface area contributed by atoms with Crippen molar-refractivity contribution < 1.29 is 0 Å². The Balaban J connectivity index is 1.26. The molecule has 0 saturated heterocycles. The fourth-order valence-corrected chi connectivity index (χ4v) is 8.30. The monoisotopic (exact) mass is 624 g/mol. The van der Waals surface area contributed by atoms with Gasteiger partial charge in [-0.2, -0.15) is 0 Å². The minimum atomic E-state index is 0.658. The fourth-order valence-electron chi connectivity index (χ4n) is 6.05. The average molecular weight is 625 g/mol. The van der Waals surface area contributed by atoms with Crippen LogP contribution in [0.1, 0.15) is 0 Å². The summed E-state index contributed by atoms with van der Waals surface area (Å²) in [7, 11) is 0. The summed E-state index contributed by atoms with van der Waals surface area (Å²) in [6.45, 7) is 0. The third kappa shape index (κ3) is 4.58. The molecule has 0 bridgehead atoms. The molecule has 9 rings (SSSR count). The smallest absolute Gasteiger partial charge is 0.164 e. The van der Waals surface area contributed by atoms with E-state index >= 15 is 0 Å². The van der Waals surface area contributed by atoms with E-state index in [4.69, 9.17) is 19.9 Å². The van der Waals surface area contributed by atoms with Crippen molar-refractivity contribution in [3.8, 4) is 55.9 Å². The van der Waals surface area contributed by atoms with E-state index in [-0.39, 0.29) is 0 Å². The second-order valence-corrected chi connectivity index (χ2v) is 13.1. The van der Waals surface area contributed by atoms with Crippen LogP contribution in [0.4, 0.5) is 0 Å². The third-order valence-corrected chi connectivity index (χ3v) is 10.5. The largest absolute Gasteiger partial charge is 0.235 e. The van der Waals surface area contributed by atoms with Crippen LogP contribution in [0.15, 0.2) is 146 Å². The fraction of sp³-hybridized carbons (Fsp3) is 0. The SMILES string of the molecule is c1ccc(-c2nc(-c3ccccc3)nc(-c3cccc4sc5c(-c6cccc7sc(-c8ccccc8)nc67)cccc5c34)n2)cc1. The quantitative estimate of drug-likeness (QED) is 0.191. The Hall–Kier alpha value is -5.56. The van der Waals surface area contributed by atoms with Crippen molar-refractivity contribution in [3.63, 3.8) is 0 Å². The van der Waals surface area contributed by atoms with Gasteiger partial charge < -0.3 is 0 Å². The summed E-state index contributed by atoms with van der Waals surface area (Å²) in [5.41, 5.74) is 7.42. The molecule has 216 valence electrons. The van der Waals surface area contributed by atoms with Crippen LogP contribution in [0.3, 0.4) is 0 Å². The molecule has 3 aromatic heterocycles. The molecule has 0 spiro atoms. The molecule has 0 unspecified atom stereocenters. The summed E-state index contributed by atoms with van der Waals surface area (Å²) in [5.74, 6) is 1.98. The second kappa shape index (κ2) is 11.1. The van der Waals surface area contributed by atoms with Gasteiger partial charge in [0.1, 0.15) is 5.01 Å². The predicted molar refractivity (Wildman–Crippen MR) is 193 cm³/mol. The highest BCUT2D eigenvalue weighted by molar-refractivity contribution is 7.26. The first-order valence-corrected chi connectivity index (χ1v) is 16.7. The van der Waals surface area contributed by atoms with Gasteiger partial charge in [0.2, 0.25) is 0 Å². The molecule has 0 aliphatic rings. The topological polar surface area (TPSA) is 51.6 Å². The summed E-state index contributed by atoms with van der Waals surface area (Å²) < 4.78 is 3.60. The van der Waals surface area contributed by atoms with Gasteiger partial charge in [0.05, 0.1) is 10.2 Å². The van der Waals surface area contributed by atoms with E-state index in [0.717, 1.165) is 43.7 Å². The van der Waals surface area contributed by atoms with E-state index in [1.54, 1.807) is 11.3 Å². The molecule has 0 aliphatic carbocycles. The molecular formula is C40H24N4S2. The van der Waals surface area contributed by atoms with E-state index in [9.17, 15) is 0 Å². The van der Waals surface area contributed by atoms with Crippen LogP contribution in [0, 0.1) is 0 Å². The lowest BCUT2D eigenvalue weighted by atomic mass is 10.00. The second-order valence-electron chi connectivity index (χ2n) is 11.0. The van der Waals surface area contributed by atoms with E-state index < -0.39 is 0 Å². The molecule has 46 heavy (non-hydrogen) atoms. The Labute approximate surface area is 273 Å². The van der Waals surface area contributed by atoms with Crippen molar-refractivity contribution in [2.45, 2.75) is 0 Å². The van der Waals surface area contributed by atoms with Crippen LogP contribution in [0.2, 0.25) is 0 Å². The molecule has 0 saturated carbocycles. The summed E-state index contributed by atoms with van der Waals surface area (Å²) in [6.07, 6.45) is 0. The number of para-hydroxylation sites is 1. The number of benzene rings is 6. The molecule has 0 atom stereocenters. The summed E-state index contributed by atoms with van der Waals surface area (Å²) in [6, 6.07) is 50.2. The van der Waals surface area contributed by atoms with Gasteiger partial charge in [0.15, 0.2) is 17.5 Å². The van der Waals surface area contributed by atoms with Gasteiger partial charge in [-0.1, -0.05) is 133 Å². The van der Waals surface area contributed by atoms with Crippen molar-refractivity contribution in [1.29, 1.82) is 0 Å². The summed E-state index contributed by atoms with van der Waals surface area (Å²) in [4.78, 5) is 20.2. The Bertz CT molecular complexity index is 2460. The van der Waals surface area contributed by atoms with Gasteiger partial charge in [-0.3, -0.25) is 0 Å². The Morgan fingerprint density at radius 2 is 0.913 bits per heavy atom. The highest BCUT2D eigenvalue weighted by Crippen LogP contribution is 2.45. The normalized spacial score (nSPS) is 11.5. The van der Waals surface area contributed by atoms with Crippen molar-refractivity contribution in [1.82, 2.24) is 19.9 Å². The van der Waals surface area contributed by atoms with Gasteiger partial charge in [-0.25, -0.2) is 19.9 Å². The van der Waals surface area contributed by atoms with Crippen molar-refractivity contribution in [2.24, 2.45) is 0 Å². The molecule has 0 fully saturated rings. The van der Waals surface area contributed by atoms with Crippen LogP contribution in [-0.2, 0) is 0 Å². The molecule has 0 amide bonds. The number of thiophene rings is 1. The van der Waals surface area contributed by atoms with Gasteiger partial charge in [0, 0.05) is 53.6 Å². The zero-order valence-corrected chi connectivity index (χ0v) is 26.1. The van der Waals surface area contributed by atoms with Gasteiger partial charge >= 0.3 is 0 Å². The minimum absolute atomic E-state index is 0.658. The van der Waals surface area contributed by atoms with Crippen LogP contribution >= 0.6 is 22.7 Å². The maximum absolute atomic E-state index is 5.16. The van der Waals surface area contributed by atoms with Crippen LogP contribution in [-0.4, -0.2) is 19.9 Å². The molecule has 3 heterocycles. The molecule has 0 aliphatic heterocycles. The maximum atomic E-state index is 5.16. The highest BCUT2D eigenvalue weighted by Gasteiger charge is 2.19. The van der Waals surface area contributed by atoms with Crippen LogP contribution < -0.4 is 0 Å².